The zero-order valence-electron chi connectivity index (χ0n) is 10.7. The number of rotatable bonds is 4. The second-order valence-electron chi connectivity index (χ2n) is 4.18. The van der Waals surface area contributed by atoms with Gasteiger partial charge in [-0.05, 0) is 25.1 Å². The average Bonchev–Trinajstić information content (AvgIpc) is 2.81. The summed E-state index contributed by atoms with van der Waals surface area (Å²) in [5.74, 6) is -0.294. The van der Waals surface area contributed by atoms with E-state index in [1.54, 1.807) is 24.3 Å². The zero-order valence-corrected chi connectivity index (χ0v) is 11.5. The number of halogens is 1. The summed E-state index contributed by atoms with van der Waals surface area (Å²) in [4.78, 5) is 23.4. The number of aryl methyl sites for hydroxylation is 1. The molecule has 0 saturated carbocycles. The number of hydrogen-bond donors (Lipinski definition) is 3. The highest BCUT2D eigenvalue weighted by atomic mass is 35.5. The van der Waals surface area contributed by atoms with Crippen LogP contribution in [0.4, 0.5) is 5.82 Å². The summed E-state index contributed by atoms with van der Waals surface area (Å²) in [6, 6.07) is 8.19. The number of amides is 2. The number of aromatic amines is 1. The molecule has 104 valence electrons. The molecule has 0 spiro atoms. The van der Waals surface area contributed by atoms with Gasteiger partial charge in [0.05, 0.1) is 6.54 Å². The second-order valence-corrected chi connectivity index (χ2v) is 4.61. The molecule has 0 bridgehead atoms. The molecule has 1 aromatic heterocycles. The van der Waals surface area contributed by atoms with Crippen LogP contribution in [-0.4, -0.2) is 28.6 Å². The zero-order chi connectivity index (χ0) is 14.5. The lowest BCUT2D eigenvalue weighted by atomic mass is 10.2. The van der Waals surface area contributed by atoms with Crippen LogP contribution in [0.3, 0.4) is 0 Å². The normalized spacial score (nSPS) is 10.1. The van der Waals surface area contributed by atoms with Crippen molar-refractivity contribution in [1.82, 2.24) is 15.5 Å². The highest BCUT2D eigenvalue weighted by molar-refractivity contribution is 6.31. The average molecular weight is 293 g/mol. The van der Waals surface area contributed by atoms with Crippen molar-refractivity contribution in [3.05, 3.63) is 46.6 Å². The minimum atomic E-state index is -0.360. The van der Waals surface area contributed by atoms with E-state index in [1.165, 1.54) is 6.07 Å². The Bertz CT molecular complexity index is 639. The van der Waals surface area contributed by atoms with Crippen LogP contribution in [0.2, 0.25) is 5.02 Å². The van der Waals surface area contributed by atoms with Gasteiger partial charge in [-0.2, -0.15) is 5.10 Å². The van der Waals surface area contributed by atoms with Gasteiger partial charge in [0.15, 0.2) is 5.82 Å². The molecule has 0 radical (unpaired) electrons. The van der Waals surface area contributed by atoms with Crippen molar-refractivity contribution in [3.63, 3.8) is 0 Å². The van der Waals surface area contributed by atoms with Gasteiger partial charge in [-0.1, -0.05) is 17.7 Å². The first-order valence-electron chi connectivity index (χ1n) is 5.90. The fraction of sp³-hybridized carbons (Fsp3) is 0.154. The lowest BCUT2D eigenvalue weighted by Gasteiger charge is -2.05. The van der Waals surface area contributed by atoms with E-state index in [1.807, 2.05) is 6.92 Å². The van der Waals surface area contributed by atoms with Crippen LogP contribution in [0.1, 0.15) is 16.1 Å². The fourth-order valence-corrected chi connectivity index (χ4v) is 1.75. The second kappa shape index (κ2) is 6.21. The van der Waals surface area contributed by atoms with E-state index in [4.69, 9.17) is 11.6 Å². The first-order chi connectivity index (χ1) is 9.54. The summed E-state index contributed by atoms with van der Waals surface area (Å²) >= 11 is 5.79. The van der Waals surface area contributed by atoms with Gasteiger partial charge in [-0.25, -0.2) is 0 Å². The highest BCUT2D eigenvalue weighted by Gasteiger charge is 2.09. The molecule has 0 aliphatic carbocycles. The number of hydrogen-bond acceptors (Lipinski definition) is 3. The van der Waals surface area contributed by atoms with E-state index in [0.29, 0.717) is 16.4 Å². The van der Waals surface area contributed by atoms with Crippen LogP contribution in [0.25, 0.3) is 0 Å². The Labute approximate surface area is 120 Å². The van der Waals surface area contributed by atoms with E-state index >= 15 is 0 Å². The monoisotopic (exact) mass is 292 g/mol. The molecular weight excluding hydrogens is 280 g/mol. The first-order valence-corrected chi connectivity index (χ1v) is 6.28. The topological polar surface area (TPSA) is 86.9 Å². The van der Waals surface area contributed by atoms with Crippen molar-refractivity contribution in [1.29, 1.82) is 0 Å². The summed E-state index contributed by atoms with van der Waals surface area (Å²) in [6.45, 7) is 1.68. The summed E-state index contributed by atoms with van der Waals surface area (Å²) < 4.78 is 0. The standard InChI is InChI=1S/C13H13ClN4O2/c1-8-5-11(18-17-8)16-12(19)7-15-13(20)9-3-2-4-10(14)6-9/h2-6H,7H2,1H3,(H,15,20)(H2,16,17,18,19). The lowest BCUT2D eigenvalue weighted by molar-refractivity contribution is -0.115. The SMILES string of the molecule is Cc1cc(NC(=O)CNC(=O)c2cccc(Cl)c2)n[nH]1. The van der Waals surface area contributed by atoms with Gasteiger partial charge >= 0.3 is 0 Å². The van der Waals surface area contributed by atoms with Gasteiger partial charge in [-0.15, -0.1) is 0 Å². The number of H-pyrrole nitrogens is 1. The Balaban J connectivity index is 1.85. The van der Waals surface area contributed by atoms with Crippen LogP contribution in [0.15, 0.2) is 30.3 Å². The molecule has 6 nitrogen and oxygen atoms in total. The molecule has 0 atom stereocenters. The molecule has 0 aliphatic heterocycles. The molecule has 0 saturated heterocycles. The van der Waals surface area contributed by atoms with Crippen molar-refractivity contribution >= 4 is 29.2 Å². The molecule has 2 amide bonds. The smallest absolute Gasteiger partial charge is 0.251 e. The van der Waals surface area contributed by atoms with E-state index in [2.05, 4.69) is 20.8 Å². The van der Waals surface area contributed by atoms with Crippen LogP contribution in [0, 0.1) is 6.92 Å². The maximum absolute atomic E-state index is 11.8. The number of benzene rings is 1. The minimum Gasteiger partial charge on any atom is -0.343 e. The molecular formula is C13H13ClN4O2. The number of aromatic nitrogens is 2. The number of carbonyl (C=O) groups excluding carboxylic acids is 2. The van der Waals surface area contributed by atoms with Crippen molar-refractivity contribution in [2.75, 3.05) is 11.9 Å². The molecule has 0 aliphatic rings. The Morgan fingerprint density at radius 2 is 2.15 bits per heavy atom. The Morgan fingerprint density at radius 3 is 2.80 bits per heavy atom. The number of nitrogens with zero attached hydrogens (tertiary/aromatic N) is 1. The third-order valence-corrected chi connectivity index (χ3v) is 2.70. The molecule has 1 aromatic carbocycles. The van der Waals surface area contributed by atoms with Gasteiger partial charge in [0.2, 0.25) is 5.91 Å². The van der Waals surface area contributed by atoms with E-state index < -0.39 is 0 Å². The lowest BCUT2D eigenvalue weighted by Crippen LogP contribution is -2.32. The van der Waals surface area contributed by atoms with Gasteiger partial charge < -0.3 is 10.6 Å². The predicted molar refractivity (Wildman–Crippen MR) is 75.7 cm³/mol. The van der Waals surface area contributed by atoms with Crippen LogP contribution in [0.5, 0.6) is 0 Å². The van der Waals surface area contributed by atoms with Gasteiger partial charge in [0.1, 0.15) is 0 Å². The Hall–Kier alpha value is -2.34. The summed E-state index contributed by atoms with van der Waals surface area (Å²) in [7, 11) is 0. The van der Waals surface area contributed by atoms with Crippen LogP contribution in [-0.2, 0) is 4.79 Å². The molecule has 1 heterocycles. The molecule has 2 rings (SSSR count). The third-order valence-electron chi connectivity index (χ3n) is 2.47. The highest BCUT2D eigenvalue weighted by Crippen LogP contribution is 2.10. The van der Waals surface area contributed by atoms with Crippen LogP contribution < -0.4 is 10.6 Å². The van der Waals surface area contributed by atoms with Gasteiger partial charge in [0, 0.05) is 22.3 Å². The molecule has 7 heteroatoms. The van der Waals surface area contributed by atoms with Crippen molar-refractivity contribution in [3.8, 4) is 0 Å². The number of anilines is 1. The first kappa shape index (κ1) is 14.1. The van der Waals surface area contributed by atoms with E-state index in [0.717, 1.165) is 5.69 Å². The predicted octanol–water partition coefficient (Wildman–Crippen LogP) is 1.74. The maximum Gasteiger partial charge on any atom is 0.251 e. The minimum absolute atomic E-state index is 0.142. The Kier molecular flexibility index (Phi) is 4.37. The van der Waals surface area contributed by atoms with E-state index in [-0.39, 0.29) is 18.4 Å². The quantitative estimate of drug-likeness (QED) is 0.802. The summed E-state index contributed by atoms with van der Waals surface area (Å²) in [5, 5.41) is 12.1. The molecule has 2 aromatic rings. The van der Waals surface area contributed by atoms with Gasteiger partial charge in [0.25, 0.3) is 5.91 Å². The number of nitrogens with one attached hydrogen (secondary N) is 3. The molecule has 0 unspecified atom stereocenters. The third kappa shape index (κ3) is 3.83. The van der Waals surface area contributed by atoms with Gasteiger partial charge in [-0.3, -0.25) is 14.7 Å². The fourth-order valence-electron chi connectivity index (χ4n) is 1.56. The van der Waals surface area contributed by atoms with Crippen LogP contribution >= 0.6 is 11.6 Å². The summed E-state index contributed by atoms with van der Waals surface area (Å²) in [5.41, 5.74) is 1.24. The largest absolute Gasteiger partial charge is 0.343 e. The maximum atomic E-state index is 11.8. The van der Waals surface area contributed by atoms with Crippen molar-refractivity contribution in [2.45, 2.75) is 6.92 Å². The van der Waals surface area contributed by atoms with Crippen molar-refractivity contribution < 1.29 is 9.59 Å². The number of carbonyl (C=O) groups is 2. The Morgan fingerprint density at radius 1 is 1.35 bits per heavy atom. The summed E-state index contributed by atoms with van der Waals surface area (Å²) in [6.07, 6.45) is 0. The van der Waals surface area contributed by atoms with E-state index in [9.17, 15) is 9.59 Å². The molecule has 3 N–H and O–H groups in total. The van der Waals surface area contributed by atoms with Crippen molar-refractivity contribution in [2.24, 2.45) is 0 Å². The molecule has 20 heavy (non-hydrogen) atoms. The molecule has 0 fully saturated rings.